The van der Waals surface area contributed by atoms with Crippen LogP contribution >= 0.6 is 0 Å². The van der Waals surface area contributed by atoms with Crippen molar-refractivity contribution in [1.29, 1.82) is 0 Å². The van der Waals surface area contributed by atoms with E-state index in [9.17, 15) is 19.5 Å². The van der Waals surface area contributed by atoms with Crippen LogP contribution < -0.4 is 10.6 Å². The average molecular weight is 467 g/mol. The van der Waals surface area contributed by atoms with Gasteiger partial charge in [-0.25, -0.2) is 9.59 Å². The molecule has 2 amide bonds. The summed E-state index contributed by atoms with van der Waals surface area (Å²) in [6.45, 7) is 2.27. The first-order valence-corrected chi connectivity index (χ1v) is 11.7. The molecule has 1 aliphatic heterocycles. The van der Waals surface area contributed by atoms with E-state index in [1.807, 2.05) is 43.3 Å². The molecular weight excluding hydrogens is 436 g/mol. The van der Waals surface area contributed by atoms with E-state index in [0.29, 0.717) is 12.8 Å². The fourth-order valence-electron chi connectivity index (χ4n) is 4.67. The molecule has 1 heterocycles. The number of carbonyl (C=O) groups is 3. The highest BCUT2D eigenvalue weighted by Gasteiger charge is 2.45. The predicted octanol–water partition coefficient (Wildman–Crippen LogP) is 3.44. The number of carbonyl (C=O) groups excluding carboxylic acids is 2. The van der Waals surface area contributed by atoms with E-state index in [2.05, 4.69) is 22.8 Å². The highest BCUT2D eigenvalue weighted by Crippen LogP contribution is 2.44. The number of fused-ring (bicyclic) bond motifs is 3. The van der Waals surface area contributed by atoms with Gasteiger partial charge in [-0.2, -0.15) is 0 Å². The molecule has 0 aromatic heterocycles. The Bertz CT molecular complexity index is 1020. The van der Waals surface area contributed by atoms with Gasteiger partial charge in [0.15, 0.2) is 5.54 Å². The first-order valence-electron chi connectivity index (χ1n) is 11.7. The van der Waals surface area contributed by atoms with Crippen molar-refractivity contribution in [2.24, 2.45) is 0 Å². The lowest BCUT2D eigenvalue weighted by molar-refractivity contribution is -0.148. The Labute approximate surface area is 198 Å². The number of hydrogen-bond donors (Lipinski definition) is 3. The van der Waals surface area contributed by atoms with Crippen molar-refractivity contribution in [3.05, 3.63) is 59.7 Å². The molecule has 2 aliphatic rings. The summed E-state index contributed by atoms with van der Waals surface area (Å²) in [5.41, 5.74) is 2.99. The van der Waals surface area contributed by atoms with Gasteiger partial charge in [0.1, 0.15) is 12.6 Å². The Morgan fingerprint density at radius 1 is 1.12 bits per heavy atom. The van der Waals surface area contributed by atoms with E-state index in [1.54, 1.807) is 0 Å². The molecule has 0 radical (unpaired) electrons. The van der Waals surface area contributed by atoms with Crippen LogP contribution in [-0.2, 0) is 19.1 Å². The number of alkyl carbamates (subject to hydrolysis) is 1. The van der Waals surface area contributed by atoms with Crippen molar-refractivity contribution in [3.63, 3.8) is 0 Å². The number of amides is 2. The van der Waals surface area contributed by atoms with Gasteiger partial charge >= 0.3 is 12.1 Å². The number of benzene rings is 2. The Kier molecular flexibility index (Phi) is 7.17. The highest BCUT2D eigenvalue weighted by molar-refractivity contribution is 5.91. The smallest absolute Gasteiger partial charge is 0.407 e. The van der Waals surface area contributed by atoms with E-state index in [4.69, 9.17) is 9.47 Å². The number of carboxylic acid groups (broad SMARTS) is 1. The molecule has 2 aromatic rings. The molecular formula is C26H30N2O6. The first kappa shape index (κ1) is 23.8. The Morgan fingerprint density at radius 2 is 1.76 bits per heavy atom. The third kappa shape index (κ3) is 4.77. The van der Waals surface area contributed by atoms with Crippen molar-refractivity contribution in [2.45, 2.75) is 50.1 Å². The van der Waals surface area contributed by atoms with Crippen LogP contribution in [0.5, 0.6) is 0 Å². The Hall–Kier alpha value is -3.39. The lowest BCUT2D eigenvalue weighted by atomic mass is 9.97. The summed E-state index contributed by atoms with van der Waals surface area (Å²) >= 11 is 0. The molecule has 2 atom stereocenters. The molecule has 1 aliphatic carbocycles. The molecule has 4 rings (SSSR count). The zero-order chi connectivity index (χ0) is 24.1. The molecule has 34 heavy (non-hydrogen) atoms. The van der Waals surface area contributed by atoms with Gasteiger partial charge in [-0.3, -0.25) is 4.79 Å². The maximum absolute atomic E-state index is 12.9. The second-order valence-corrected chi connectivity index (χ2v) is 8.84. The molecule has 8 heteroatoms. The zero-order valence-electron chi connectivity index (χ0n) is 19.2. The van der Waals surface area contributed by atoms with Gasteiger partial charge in [0.2, 0.25) is 5.91 Å². The summed E-state index contributed by atoms with van der Waals surface area (Å²) in [5.74, 6) is -1.78. The minimum absolute atomic E-state index is 0.0908. The van der Waals surface area contributed by atoms with Crippen molar-refractivity contribution in [1.82, 2.24) is 10.6 Å². The third-order valence-corrected chi connectivity index (χ3v) is 6.59. The van der Waals surface area contributed by atoms with Crippen LogP contribution in [0.2, 0.25) is 0 Å². The highest BCUT2D eigenvalue weighted by atomic mass is 16.5. The number of hydrogen-bond acceptors (Lipinski definition) is 5. The minimum atomic E-state index is -1.47. The maximum Gasteiger partial charge on any atom is 0.407 e. The van der Waals surface area contributed by atoms with Crippen LogP contribution in [0.3, 0.4) is 0 Å². The van der Waals surface area contributed by atoms with Gasteiger partial charge in [-0.05, 0) is 28.7 Å². The zero-order valence-corrected chi connectivity index (χ0v) is 19.2. The minimum Gasteiger partial charge on any atom is -0.479 e. The topological polar surface area (TPSA) is 114 Å². The molecule has 3 N–H and O–H groups in total. The van der Waals surface area contributed by atoms with Crippen molar-refractivity contribution in [3.8, 4) is 11.1 Å². The molecule has 0 spiro atoms. The standard InChI is InChI=1S/C26H30N2O6/c1-2-3-12-22(23(29)28-26(24(30)31)13-14-33-16-26)27-25(32)34-15-21-19-10-6-4-8-17(19)18-9-5-7-11-20(18)21/h4-11,21-22H,2-3,12-16H2,1H3,(H,27,32)(H,28,29)(H,30,31). The lowest BCUT2D eigenvalue weighted by Crippen LogP contribution is -2.60. The van der Waals surface area contributed by atoms with Crippen LogP contribution in [0.1, 0.15) is 49.7 Å². The van der Waals surface area contributed by atoms with Crippen molar-refractivity contribution in [2.75, 3.05) is 19.8 Å². The number of carboxylic acids is 1. The van der Waals surface area contributed by atoms with E-state index >= 15 is 0 Å². The largest absolute Gasteiger partial charge is 0.479 e. The van der Waals surface area contributed by atoms with Gasteiger partial charge in [-0.15, -0.1) is 0 Å². The summed E-state index contributed by atoms with van der Waals surface area (Å²) in [6.07, 6.45) is 1.37. The molecule has 2 aromatic carbocycles. The van der Waals surface area contributed by atoms with Gasteiger partial charge in [0, 0.05) is 18.9 Å². The summed E-state index contributed by atoms with van der Waals surface area (Å²) in [5, 5.41) is 14.9. The monoisotopic (exact) mass is 466 g/mol. The second-order valence-electron chi connectivity index (χ2n) is 8.84. The normalized spacial score (nSPS) is 19.7. The van der Waals surface area contributed by atoms with Gasteiger partial charge in [0.05, 0.1) is 6.61 Å². The number of rotatable bonds is 9. The molecule has 180 valence electrons. The fraction of sp³-hybridized carbons (Fsp3) is 0.423. The van der Waals surface area contributed by atoms with Crippen LogP contribution in [0.4, 0.5) is 4.79 Å². The summed E-state index contributed by atoms with van der Waals surface area (Å²) < 4.78 is 10.8. The maximum atomic E-state index is 12.9. The van der Waals surface area contributed by atoms with E-state index in [-0.39, 0.29) is 32.2 Å². The Balaban J connectivity index is 1.42. The number of ether oxygens (including phenoxy) is 2. The third-order valence-electron chi connectivity index (χ3n) is 6.59. The average Bonchev–Trinajstić information content (AvgIpc) is 3.44. The quantitative estimate of drug-likeness (QED) is 0.522. The van der Waals surface area contributed by atoms with Crippen LogP contribution in [0.15, 0.2) is 48.5 Å². The van der Waals surface area contributed by atoms with Crippen LogP contribution in [0.25, 0.3) is 11.1 Å². The van der Waals surface area contributed by atoms with E-state index < -0.39 is 29.6 Å². The van der Waals surface area contributed by atoms with Crippen LogP contribution in [0, 0.1) is 0 Å². The summed E-state index contributed by atoms with van der Waals surface area (Å²) in [4.78, 5) is 37.4. The van der Waals surface area contributed by atoms with Gasteiger partial charge < -0.3 is 25.2 Å². The molecule has 8 nitrogen and oxygen atoms in total. The molecule has 1 saturated heterocycles. The number of nitrogens with one attached hydrogen (secondary N) is 2. The number of aliphatic carboxylic acids is 1. The predicted molar refractivity (Wildman–Crippen MR) is 125 cm³/mol. The lowest BCUT2D eigenvalue weighted by Gasteiger charge is -2.27. The molecule has 0 saturated carbocycles. The van der Waals surface area contributed by atoms with E-state index in [1.165, 1.54) is 0 Å². The van der Waals surface area contributed by atoms with Crippen molar-refractivity contribution < 1.29 is 29.0 Å². The molecule has 1 fully saturated rings. The Morgan fingerprint density at radius 3 is 2.32 bits per heavy atom. The van der Waals surface area contributed by atoms with Gasteiger partial charge in [0.25, 0.3) is 0 Å². The first-order chi connectivity index (χ1) is 16.4. The van der Waals surface area contributed by atoms with Crippen LogP contribution in [-0.4, -0.2) is 54.5 Å². The number of unbranched alkanes of at least 4 members (excludes halogenated alkanes) is 1. The van der Waals surface area contributed by atoms with E-state index in [0.717, 1.165) is 28.7 Å². The van der Waals surface area contributed by atoms with Gasteiger partial charge in [-0.1, -0.05) is 68.3 Å². The molecule has 0 bridgehead atoms. The second kappa shape index (κ2) is 10.3. The summed E-state index contributed by atoms with van der Waals surface area (Å²) in [6, 6.07) is 15.2. The SMILES string of the molecule is CCCCC(NC(=O)OCC1c2ccccc2-c2ccccc21)C(=O)NC1(C(=O)O)CCOC1. The fourth-order valence-corrected chi connectivity index (χ4v) is 4.67. The van der Waals surface area contributed by atoms with Crippen molar-refractivity contribution >= 4 is 18.0 Å². The summed E-state index contributed by atoms with van der Waals surface area (Å²) in [7, 11) is 0. The molecule has 2 unspecified atom stereocenters.